The van der Waals surface area contributed by atoms with Crippen molar-refractivity contribution in [2.24, 2.45) is 5.73 Å². The summed E-state index contributed by atoms with van der Waals surface area (Å²) >= 11 is 0. The highest BCUT2D eigenvalue weighted by molar-refractivity contribution is 5.61. The smallest absolute Gasteiger partial charge is 0.104 e. The van der Waals surface area contributed by atoms with Gasteiger partial charge in [-0.25, -0.2) is 4.68 Å². The average Bonchev–Trinajstić information content (AvgIpc) is 2.74. The summed E-state index contributed by atoms with van der Waals surface area (Å²) in [6, 6.07) is 10.1. The first-order chi connectivity index (χ1) is 7.86. The molecule has 4 nitrogen and oxygen atoms in total. The van der Waals surface area contributed by atoms with Crippen LogP contribution in [0.2, 0.25) is 0 Å². The first-order valence-corrected chi connectivity index (χ1v) is 5.54. The van der Waals surface area contributed by atoms with Crippen molar-refractivity contribution < 1.29 is 0 Å². The minimum Gasteiger partial charge on any atom is -0.325 e. The van der Waals surface area contributed by atoms with Crippen molar-refractivity contribution in [3.05, 3.63) is 36.0 Å². The van der Waals surface area contributed by atoms with Crippen molar-refractivity contribution in [3.8, 4) is 11.3 Å². The molecule has 2 rings (SSSR count). The minimum atomic E-state index is 0.425. The lowest BCUT2D eigenvalue weighted by atomic mass is 10.1. The fourth-order valence-electron chi connectivity index (χ4n) is 1.77. The predicted octanol–water partition coefficient (Wildman–Crippen LogP) is 1.81. The summed E-state index contributed by atoms with van der Waals surface area (Å²) in [5.41, 5.74) is 8.71. The molecule has 4 heteroatoms. The van der Waals surface area contributed by atoms with Gasteiger partial charge in [0.1, 0.15) is 5.69 Å². The zero-order valence-electron chi connectivity index (χ0n) is 9.43. The normalized spacial score (nSPS) is 10.6. The SMILES string of the molecule is CCCn1nnc(CN)c1-c1ccccc1. The molecule has 0 aliphatic heterocycles. The molecule has 0 saturated carbocycles. The molecular weight excluding hydrogens is 200 g/mol. The average molecular weight is 216 g/mol. The molecule has 2 N–H and O–H groups in total. The fourth-order valence-corrected chi connectivity index (χ4v) is 1.77. The van der Waals surface area contributed by atoms with E-state index in [1.807, 2.05) is 22.9 Å². The highest BCUT2D eigenvalue weighted by Gasteiger charge is 2.12. The van der Waals surface area contributed by atoms with Gasteiger partial charge in [-0.3, -0.25) is 0 Å². The van der Waals surface area contributed by atoms with Crippen LogP contribution in [0.4, 0.5) is 0 Å². The molecule has 0 spiro atoms. The van der Waals surface area contributed by atoms with E-state index in [2.05, 4.69) is 29.4 Å². The predicted molar refractivity (Wildman–Crippen MR) is 63.6 cm³/mol. The molecule has 0 radical (unpaired) electrons. The first-order valence-electron chi connectivity index (χ1n) is 5.54. The third kappa shape index (κ3) is 1.97. The van der Waals surface area contributed by atoms with Gasteiger partial charge in [0.25, 0.3) is 0 Å². The molecule has 0 fully saturated rings. The highest BCUT2D eigenvalue weighted by Crippen LogP contribution is 2.21. The largest absolute Gasteiger partial charge is 0.325 e. The first kappa shape index (κ1) is 10.8. The number of benzene rings is 1. The van der Waals surface area contributed by atoms with E-state index >= 15 is 0 Å². The number of aromatic nitrogens is 3. The second-order valence-corrected chi connectivity index (χ2v) is 3.68. The Morgan fingerprint density at radius 1 is 1.25 bits per heavy atom. The number of hydrogen-bond donors (Lipinski definition) is 1. The Morgan fingerprint density at radius 2 is 2.00 bits per heavy atom. The lowest BCUT2D eigenvalue weighted by molar-refractivity contribution is 0.584. The molecule has 0 unspecified atom stereocenters. The van der Waals surface area contributed by atoms with E-state index in [4.69, 9.17) is 5.73 Å². The number of hydrogen-bond acceptors (Lipinski definition) is 3. The molecule has 16 heavy (non-hydrogen) atoms. The summed E-state index contributed by atoms with van der Waals surface area (Å²) in [5.74, 6) is 0. The van der Waals surface area contributed by atoms with E-state index in [-0.39, 0.29) is 0 Å². The molecule has 2 aromatic rings. The van der Waals surface area contributed by atoms with Crippen LogP contribution in [0.1, 0.15) is 19.0 Å². The zero-order valence-corrected chi connectivity index (χ0v) is 9.43. The van der Waals surface area contributed by atoms with Crippen molar-refractivity contribution in [2.75, 3.05) is 0 Å². The van der Waals surface area contributed by atoms with Gasteiger partial charge in [-0.1, -0.05) is 42.5 Å². The van der Waals surface area contributed by atoms with Crippen LogP contribution < -0.4 is 5.73 Å². The second kappa shape index (κ2) is 4.90. The molecule has 0 amide bonds. The van der Waals surface area contributed by atoms with E-state index in [1.54, 1.807) is 0 Å². The molecule has 1 aromatic heterocycles. The Labute approximate surface area is 95.1 Å². The fraction of sp³-hybridized carbons (Fsp3) is 0.333. The van der Waals surface area contributed by atoms with Crippen LogP contribution in [0, 0.1) is 0 Å². The maximum atomic E-state index is 5.68. The second-order valence-electron chi connectivity index (χ2n) is 3.68. The minimum absolute atomic E-state index is 0.425. The molecule has 1 aromatic carbocycles. The van der Waals surface area contributed by atoms with Crippen molar-refractivity contribution in [1.29, 1.82) is 0 Å². The van der Waals surface area contributed by atoms with Crippen LogP contribution in [0.25, 0.3) is 11.3 Å². The van der Waals surface area contributed by atoms with Gasteiger partial charge < -0.3 is 5.73 Å². The van der Waals surface area contributed by atoms with Crippen molar-refractivity contribution in [1.82, 2.24) is 15.0 Å². The quantitative estimate of drug-likeness (QED) is 0.848. The number of rotatable bonds is 4. The van der Waals surface area contributed by atoms with E-state index < -0.39 is 0 Å². The van der Waals surface area contributed by atoms with E-state index in [0.717, 1.165) is 29.9 Å². The summed E-state index contributed by atoms with van der Waals surface area (Å²) in [6.45, 7) is 3.42. The molecule has 84 valence electrons. The molecular formula is C12H16N4. The molecule has 0 aliphatic rings. The molecule has 0 saturated heterocycles. The highest BCUT2D eigenvalue weighted by atomic mass is 15.4. The summed E-state index contributed by atoms with van der Waals surface area (Å²) in [5, 5.41) is 8.26. The molecule has 0 aliphatic carbocycles. The Hall–Kier alpha value is -1.68. The number of aryl methyl sites for hydroxylation is 1. The Morgan fingerprint density at radius 3 is 2.62 bits per heavy atom. The van der Waals surface area contributed by atoms with Gasteiger partial charge in [-0.05, 0) is 6.42 Å². The van der Waals surface area contributed by atoms with Gasteiger partial charge in [-0.2, -0.15) is 0 Å². The topological polar surface area (TPSA) is 56.7 Å². The molecule has 1 heterocycles. The lowest BCUT2D eigenvalue weighted by Gasteiger charge is -2.06. The van der Waals surface area contributed by atoms with Crippen molar-refractivity contribution in [2.45, 2.75) is 26.4 Å². The summed E-state index contributed by atoms with van der Waals surface area (Å²) in [4.78, 5) is 0. The van der Waals surface area contributed by atoms with Gasteiger partial charge in [0.05, 0.1) is 5.69 Å². The third-order valence-electron chi connectivity index (χ3n) is 2.48. The Kier molecular flexibility index (Phi) is 3.31. The Balaban J connectivity index is 2.48. The maximum absolute atomic E-state index is 5.68. The molecule has 0 bridgehead atoms. The number of nitrogens with zero attached hydrogens (tertiary/aromatic N) is 3. The van der Waals surface area contributed by atoms with Gasteiger partial charge >= 0.3 is 0 Å². The lowest BCUT2D eigenvalue weighted by Crippen LogP contribution is -2.04. The number of nitrogens with two attached hydrogens (primary N) is 1. The van der Waals surface area contributed by atoms with Gasteiger partial charge in [0.15, 0.2) is 0 Å². The van der Waals surface area contributed by atoms with Crippen molar-refractivity contribution >= 4 is 0 Å². The van der Waals surface area contributed by atoms with Crippen LogP contribution in [0.3, 0.4) is 0 Å². The van der Waals surface area contributed by atoms with Gasteiger partial charge in [0, 0.05) is 18.7 Å². The van der Waals surface area contributed by atoms with Gasteiger partial charge in [0.2, 0.25) is 0 Å². The van der Waals surface area contributed by atoms with E-state index in [9.17, 15) is 0 Å². The standard InChI is InChI=1S/C12H16N4/c1-2-8-16-12(11(9-13)14-15-16)10-6-4-3-5-7-10/h3-7H,2,8-9,13H2,1H3. The zero-order chi connectivity index (χ0) is 11.4. The van der Waals surface area contributed by atoms with Crippen LogP contribution in [-0.4, -0.2) is 15.0 Å². The summed E-state index contributed by atoms with van der Waals surface area (Å²) in [6.07, 6.45) is 1.03. The van der Waals surface area contributed by atoms with E-state index in [0.29, 0.717) is 6.54 Å². The Bertz CT molecular complexity index is 447. The van der Waals surface area contributed by atoms with Crippen molar-refractivity contribution in [3.63, 3.8) is 0 Å². The van der Waals surface area contributed by atoms with Gasteiger partial charge in [-0.15, -0.1) is 5.10 Å². The third-order valence-corrected chi connectivity index (χ3v) is 2.48. The maximum Gasteiger partial charge on any atom is 0.104 e. The van der Waals surface area contributed by atoms with Crippen LogP contribution in [0.5, 0.6) is 0 Å². The van der Waals surface area contributed by atoms with E-state index in [1.165, 1.54) is 0 Å². The molecule has 0 atom stereocenters. The summed E-state index contributed by atoms with van der Waals surface area (Å²) < 4.78 is 1.93. The summed E-state index contributed by atoms with van der Waals surface area (Å²) in [7, 11) is 0. The van der Waals surface area contributed by atoms with Crippen LogP contribution >= 0.6 is 0 Å². The van der Waals surface area contributed by atoms with Crippen LogP contribution in [-0.2, 0) is 13.1 Å². The monoisotopic (exact) mass is 216 g/mol. The van der Waals surface area contributed by atoms with Crippen LogP contribution in [0.15, 0.2) is 30.3 Å².